The third-order valence-corrected chi connectivity index (χ3v) is 3.55. The van der Waals surface area contributed by atoms with E-state index in [-0.39, 0.29) is 0 Å². The topological polar surface area (TPSA) is 18.5 Å². The monoisotopic (exact) mass is 243 g/mol. The molecule has 0 heterocycles. The summed E-state index contributed by atoms with van der Waals surface area (Å²) in [4.78, 5) is 4.97. The van der Waals surface area contributed by atoms with Gasteiger partial charge in [0, 0.05) is 25.7 Å². The van der Waals surface area contributed by atoms with Gasteiger partial charge >= 0.3 is 0 Å². The molecule has 0 aromatic rings. The minimum absolute atomic E-state index is 0.661. The number of hydrogen-bond acceptors (Lipinski definition) is 3. The molecule has 0 saturated heterocycles. The third-order valence-electron chi connectivity index (χ3n) is 3.55. The fourth-order valence-corrected chi connectivity index (χ4v) is 1.86. The minimum Gasteiger partial charge on any atom is -0.318 e. The molecule has 104 valence electrons. The van der Waals surface area contributed by atoms with Crippen molar-refractivity contribution in [1.29, 1.82) is 0 Å². The minimum atomic E-state index is 0.661. The van der Waals surface area contributed by atoms with Crippen LogP contribution < -0.4 is 5.32 Å². The highest BCUT2D eigenvalue weighted by Gasteiger charge is 2.10. The molecule has 0 aromatic heterocycles. The van der Waals surface area contributed by atoms with E-state index in [1.165, 1.54) is 19.5 Å². The van der Waals surface area contributed by atoms with Crippen molar-refractivity contribution in [3.63, 3.8) is 0 Å². The average Bonchev–Trinajstić information content (AvgIpc) is 2.31. The van der Waals surface area contributed by atoms with Crippen molar-refractivity contribution >= 4 is 0 Å². The maximum atomic E-state index is 3.22. The van der Waals surface area contributed by atoms with E-state index >= 15 is 0 Å². The molecule has 0 radical (unpaired) electrons. The van der Waals surface area contributed by atoms with Gasteiger partial charge in [0.05, 0.1) is 0 Å². The van der Waals surface area contributed by atoms with E-state index in [0.717, 1.165) is 25.6 Å². The molecule has 0 aliphatic carbocycles. The molecular formula is C14H33N3. The first kappa shape index (κ1) is 16.9. The summed E-state index contributed by atoms with van der Waals surface area (Å²) in [6.07, 6.45) is 1.30. The Kier molecular flexibility index (Phi) is 9.79. The molecule has 0 saturated carbocycles. The van der Waals surface area contributed by atoms with E-state index < -0.39 is 0 Å². The van der Waals surface area contributed by atoms with Crippen molar-refractivity contribution in [2.75, 3.05) is 46.8 Å². The van der Waals surface area contributed by atoms with Gasteiger partial charge < -0.3 is 15.1 Å². The molecule has 3 nitrogen and oxygen atoms in total. The Morgan fingerprint density at radius 2 is 1.76 bits per heavy atom. The van der Waals surface area contributed by atoms with Gasteiger partial charge in [-0.1, -0.05) is 13.8 Å². The number of hydrogen-bond donors (Lipinski definition) is 1. The van der Waals surface area contributed by atoms with Crippen LogP contribution in [-0.4, -0.2) is 62.7 Å². The quantitative estimate of drug-likeness (QED) is 0.632. The normalized spacial score (nSPS) is 13.9. The lowest BCUT2D eigenvalue weighted by atomic mass is 10.1. The molecule has 1 unspecified atom stereocenters. The first-order valence-corrected chi connectivity index (χ1v) is 7.08. The van der Waals surface area contributed by atoms with Crippen LogP contribution in [0.4, 0.5) is 0 Å². The molecule has 0 amide bonds. The van der Waals surface area contributed by atoms with E-state index in [9.17, 15) is 0 Å². The van der Waals surface area contributed by atoms with Crippen LogP contribution in [0.15, 0.2) is 0 Å². The fraction of sp³-hybridized carbons (Fsp3) is 1.00. The number of nitrogens with zero attached hydrogens (tertiary/aromatic N) is 2. The van der Waals surface area contributed by atoms with Crippen LogP contribution in [0.25, 0.3) is 0 Å². The standard InChI is InChI=1S/C14H33N3/c1-7-17(11-9-15-5)12-14(4)8-10-16(6)13(2)3/h13-15H,7-12H2,1-6H3. The van der Waals surface area contributed by atoms with Gasteiger partial charge in [-0.2, -0.15) is 0 Å². The zero-order valence-electron chi connectivity index (χ0n) is 12.8. The lowest BCUT2D eigenvalue weighted by Gasteiger charge is -2.27. The van der Waals surface area contributed by atoms with Crippen molar-refractivity contribution in [3.05, 3.63) is 0 Å². The first-order valence-electron chi connectivity index (χ1n) is 7.08. The highest BCUT2D eigenvalue weighted by Crippen LogP contribution is 2.07. The van der Waals surface area contributed by atoms with Crippen molar-refractivity contribution in [2.24, 2.45) is 5.92 Å². The Morgan fingerprint density at radius 1 is 1.12 bits per heavy atom. The largest absolute Gasteiger partial charge is 0.318 e. The summed E-state index contributed by atoms with van der Waals surface area (Å²) in [5, 5.41) is 3.22. The molecule has 1 atom stereocenters. The number of rotatable bonds is 10. The van der Waals surface area contributed by atoms with Crippen molar-refractivity contribution in [2.45, 2.75) is 40.2 Å². The van der Waals surface area contributed by atoms with E-state index in [2.05, 4.69) is 49.9 Å². The molecule has 0 aliphatic rings. The number of likely N-dealkylation sites (N-methyl/N-ethyl adjacent to an activating group) is 2. The van der Waals surface area contributed by atoms with Crippen LogP contribution in [0.1, 0.15) is 34.1 Å². The second kappa shape index (κ2) is 9.86. The molecule has 0 rings (SSSR count). The van der Waals surface area contributed by atoms with Gasteiger partial charge in [0.25, 0.3) is 0 Å². The zero-order chi connectivity index (χ0) is 13.3. The smallest absolute Gasteiger partial charge is 0.0107 e. The summed E-state index contributed by atoms with van der Waals surface area (Å²) >= 11 is 0. The van der Waals surface area contributed by atoms with Crippen LogP contribution in [0.2, 0.25) is 0 Å². The summed E-state index contributed by atoms with van der Waals surface area (Å²) in [6, 6.07) is 0.661. The lowest BCUT2D eigenvalue weighted by Crippen LogP contribution is -2.35. The molecule has 0 aromatic carbocycles. The lowest BCUT2D eigenvalue weighted by molar-refractivity contribution is 0.212. The van der Waals surface area contributed by atoms with Crippen molar-refractivity contribution in [3.8, 4) is 0 Å². The van der Waals surface area contributed by atoms with Gasteiger partial charge in [-0.05, 0) is 53.4 Å². The average molecular weight is 243 g/mol. The van der Waals surface area contributed by atoms with Gasteiger partial charge in [0.2, 0.25) is 0 Å². The SMILES string of the molecule is CCN(CCNC)CC(C)CCN(C)C(C)C. The second-order valence-corrected chi connectivity index (χ2v) is 5.46. The van der Waals surface area contributed by atoms with Gasteiger partial charge in [-0.3, -0.25) is 0 Å². The number of nitrogens with one attached hydrogen (secondary N) is 1. The van der Waals surface area contributed by atoms with E-state index in [4.69, 9.17) is 0 Å². The highest BCUT2D eigenvalue weighted by atomic mass is 15.1. The van der Waals surface area contributed by atoms with E-state index in [1.54, 1.807) is 0 Å². The van der Waals surface area contributed by atoms with Crippen LogP contribution >= 0.6 is 0 Å². The second-order valence-electron chi connectivity index (χ2n) is 5.46. The molecule has 0 aliphatic heterocycles. The van der Waals surface area contributed by atoms with Crippen molar-refractivity contribution < 1.29 is 0 Å². The van der Waals surface area contributed by atoms with Gasteiger partial charge in [-0.25, -0.2) is 0 Å². The van der Waals surface area contributed by atoms with Gasteiger partial charge in [0.15, 0.2) is 0 Å². The van der Waals surface area contributed by atoms with Crippen LogP contribution in [0.3, 0.4) is 0 Å². The van der Waals surface area contributed by atoms with Crippen LogP contribution in [-0.2, 0) is 0 Å². The molecular weight excluding hydrogens is 210 g/mol. The summed E-state index contributed by atoms with van der Waals surface area (Å²) in [5.41, 5.74) is 0. The highest BCUT2D eigenvalue weighted by molar-refractivity contribution is 4.65. The summed E-state index contributed by atoms with van der Waals surface area (Å²) in [5.74, 6) is 0.785. The molecule has 17 heavy (non-hydrogen) atoms. The third kappa shape index (κ3) is 8.58. The van der Waals surface area contributed by atoms with E-state index in [0.29, 0.717) is 6.04 Å². The molecule has 0 bridgehead atoms. The van der Waals surface area contributed by atoms with Crippen molar-refractivity contribution in [1.82, 2.24) is 15.1 Å². The molecule has 0 spiro atoms. The van der Waals surface area contributed by atoms with Crippen LogP contribution in [0.5, 0.6) is 0 Å². The zero-order valence-corrected chi connectivity index (χ0v) is 12.8. The predicted octanol–water partition coefficient (Wildman–Crippen LogP) is 1.89. The fourth-order valence-electron chi connectivity index (χ4n) is 1.86. The van der Waals surface area contributed by atoms with Crippen LogP contribution in [0, 0.1) is 5.92 Å². The summed E-state index contributed by atoms with van der Waals surface area (Å²) in [7, 11) is 4.24. The summed E-state index contributed by atoms with van der Waals surface area (Å²) < 4.78 is 0. The van der Waals surface area contributed by atoms with E-state index in [1.807, 2.05) is 7.05 Å². The Balaban J connectivity index is 3.78. The molecule has 0 fully saturated rings. The molecule has 3 heteroatoms. The Labute approximate surface area is 109 Å². The summed E-state index contributed by atoms with van der Waals surface area (Å²) in [6.45, 7) is 15.0. The maximum Gasteiger partial charge on any atom is 0.0107 e. The maximum absolute atomic E-state index is 3.22. The Hall–Kier alpha value is -0.120. The Morgan fingerprint density at radius 3 is 2.24 bits per heavy atom. The molecule has 1 N–H and O–H groups in total. The van der Waals surface area contributed by atoms with Gasteiger partial charge in [-0.15, -0.1) is 0 Å². The predicted molar refractivity (Wildman–Crippen MR) is 77.6 cm³/mol. The first-order chi connectivity index (χ1) is 8.01. The van der Waals surface area contributed by atoms with Gasteiger partial charge in [0.1, 0.15) is 0 Å². The Bertz CT molecular complexity index is 171.